The predicted octanol–water partition coefficient (Wildman–Crippen LogP) is 1.09. The molecule has 0 amide bonds. The molecule has 7 nitrogen and oxygen atoms in total. The van der Waals surface area contributed by atoms with E-state index in [4.69, 9.17) is 4.74 Å². The molecule has 1 rings (SSSR count). The maximum atomic E-state index is 11.0. The molecular formula is C15H27IN4O3S. The molecule has 0 aliphatic carbocycles. The van der Waals surface area contributed by atoms with Gasteiger partial charge in [0.25, 0.3) is 0 Å². The molecule has 0 aromatic heterocycles. The summed E-state index contributed by atoms with van der Waals surface area (Å²) in [4.78, 5) is 4.08. The van der Waals surface area contributed by atoms with Crippen molar-refractivity contribution < 1.29 is 13.2 Å². The summed E-state index contributed by atoms with van der Waals surface area (Å²) in [5, 5.41) is 6.17. The summed E-state index contributed by atoms with van der Waals surface area (Å²) in [6, 6.07) is 7.89. The van der Waals surface area contributed by atoms with Crippen LogP contribution in [0.25, 0.3) is 0 Å². The Kier molecular flexibility index (Phi) is 11.0. The van der Waals surface area contributed by atoms with E-state index < -0.39 is 10.0 Å². The van der Waals surface area contributed by atoms with E-state index in [-0.39, 0.29) is 30.1 Å². The first kappa shape index (κ1) is 22.9. The number of guanidine groups is 1. The standard InChI is InChI=1S/C15H26N4O3S.HI/c1-12-6-5-7-14(10-12)22-13(2)11-18-15(16-3)17-8-9-19-23(4,20)21;/h5-7,10,13,19H,8-9,11H2,1-4H3,(H2,16,17,18);1H. The molecule has 1 aromatic carbocycles. The van der Waals surface area contributed by atoms with E-state index in [1.54, 1.807) is 7.05 Å². The van der Waals surface area contributed by atoms with Gasteiger partial charge in [-0.1, -0.05) is 12.1 Å². The van der Waals surface area contributed by atoms with Crippen LogP contribution < -0.4 is 20.1 Å². The van der Waals surface area contributed by atoms with Gasteiger partial charge >= 0.3 is 0 Å². The molecular weight excluding hydrogens is 443 g/mol. The number of benzene rings is 1. The monoisotopic (exact) mass is 470 g/mol. The Morgan fingerprint density at radius 3 is 2.58 bits per heavy atom. The molecule has 138 valence electrons. The molecule has 1 aromatic rings. The first-order valence-corrected chi connectivity index (χ1v) is 9.32. The largest absolute Gasteiger partial charge is 0.489 e. The SMILES string of the molecule is CN=C(NCCNS(C)(=O)=O)NCC(C)Oc1cccc(C)c1.I. The lowest BCUT2D eigenvalue weighted by atomic mass is 10.2. The van der Waals surface area contributed by atoms with Crippen molar-refractivity contribution in [3.63, 3.8) is 0 Å². The van der Waals surface area contributed by atoms with Gasteiger partial charge in [-0.2, -0.15) is 0 Å². The van der Waals surface area contributed by atoms with Gasteiger partial charge in [0.15, 0.2) is 5.96 Å². The van der Waals surface area contributed by atoms with Gasteiger partial charge in [-0.15, -0.1) is 24.0 Å². The number of nitrogens with one attached hydrogen (secondary N) is 3. The maximum absolute atomic E-state index is 11.0. The van der Waals surface area contributed by atoms with E-state index in [1.807, 2.05) is 38.1 Å². The zero-order valence-electron chi connectivity index (χ0n) is 14.5. The van der Waals surface area contributed by atoms with Crippen molar-refractivity contribution in [1.29, 1.82) is 0 Å². The number of ether oxygens (including phenoxy) is 1. The number of aryl methyl sites for hydroxylation is 1. The minimum Gasteiger partial charge on any atom is -0.489 e. The van der Waals surface area contributed by atoms with E-state index in [9.17, 15) is 8.42 Å². The lowest BCUT2D eigenvalue weighted by molar-refractivity contribution is 0.223. The molecule has 0 aliphatic heterocycles. The summed E-state index contributed by atoms with van der Waals surface area (Å²) in [6.45, 7) is 5.31. The van der Waals surface area contributed by atoms with Gasteiger partial charge in [0.1, 0.15) is 11.9 Å². The fourth-order valence-electron chi connectivity index (χ4n) is 1.84. The molecule has 3 N–H and O–H groups in total. The Labute approximate surface area is 161 Å². The zero-order valence-corrected chi connectivity index (χ0v) is 17.6. The van der Waals surface area contributed by atoms with E-state index in [2.05, 4.69) is 20.3 Å². The Bertz CT molecular complexity index is 623. The van der Waals surface area contributed by atoms with Gasteiger partial charge in [0, 0.05) is 20.1 Å². The summed E-state index contributed by atoms with van der Waals surface area (Å²) < 4.78 is 30.1. The Morgan fingerprint density at radius 2 is 2.00 bits per heavy atom. The molecule has 0 spiro atoms. The van der Waals surface area contributed by atoms with Gasteiger partial charge in [0.05, 0.1) is 12.8 Å². The molecule has 0 aliphatic rings. The summed E-state index contributed by atoms with van der Waals surface area (Å²) in [5.74, 6) is 1.43. The van der Waals surface area contributed by atoms with Crippen molar-refractivity contribution in [2.24, 2.45) is 4.99 Å². The summed E-state index contributed by atoms with van der Waals surface area (Å²) in [5.41, 5.74) is 1.15. The lowest BCUT2D eigenvalue weighted by Gasteiger charge is -2.18. The van der Waals surface area contributed by atoms with Crippen LogP contribution in [0, 0.1) is 6.92 Å². The Balaban J connectivity index is 0.00000529. The zero-order chi connectivity index (χ0) is 17.3. The quantitative estimate of drug-likeness (QED) is 0.229. The molecule has 24 heavy (non-hydrogen) atoms. The molecule has 0 bridgehead atoms. The van der Waals surface area contributed by atoms with Crippen LogP contribution in [-0.4, -0.2) is 53.4 Å². The highest BCUT2D eigenvalue weighted by Crippen LogP contribution is 2.13. The average Bonchev–Trinajstić information content (AvgIpc) is 2.45. The molecule has 0 heterocycles. The molecule has 0 saturated carbocycles. The number of halogens is 1. The number of hydrogen-bond acceptors (Lipinski definition) is 4. The maximum Gasteiger partial charge on any atom is 0.208 e. The van der Waals surface area contributed by atoms with Gasteiger partial charge in [-0.3, -0.25) is 4.99 Å². The van der Waals surface area contributed by atoms with Crippen molar-refractivity contribution in [2.75, 3.05) is 32.9 Å². The van der Waals surface area contributed by atoms with Crippen molar-refractivity contribution in [3.8, 4) is 5.75 Å². The Morgan fingerprint density at radius 1 is 1.29 bits per heavy atom. The van der Waals surface area contributed by atoms with Crippen LogP contribution in [0.4, 0.5) is 0 Å². The van der Waals surface area contributed by atoms with Crippen molar-refractivity contribution in [1.82, 2.24) is 15.4 Å². The number of sulfonamides is 1. The second-order valence-corrected chi connectivity index (χ2v) is 7.12. The van der Waals surface area contributed by atoms with Crippen LogP contribution in [0.2, 0.25) is 0 Å². The van der Waals surface area contributed by atoms with Gasteiger partial charge in [-0.25, -0.2) is 13.1 Å². The first-order valence-electron chi connectivity index (χ1n) is 7.42. The molecule has 1 atom stereocenters. The first-order chi connectivity index (χ1) is 10.8. The molecule has 0 radical (unpaired) electrons. The van der Waals surface area contributed by atoms with E-state index in [1.165, 1.54) is 0 Å². The van der Waals surface area contributed by atoms with Crippen LogP contribution in [0.3, 0.4) is 0 Å². The second-order valence-electron chi connectivity index (χ2n) is 5.29. The average molecular weight is 470 g/mol. The van der Waals surface area contributed by atoms with Crippen LogP contribution in [-0.2, 0) is 10.0 Å². The van der Waals surface area contributed by atoms with Gasteiger partial charge in [-0.05, 0) is 31.5 Å². The van der Waals surface area contributed by atoms with Crippen LogP contribution >= 0.6 is 24.0 Å². The fraction of sp³-hybridized carbons (Fsp3) is 0.533. The van der Waals surface area contributed by atoms with Crippen LogP contribution in [0.1, 0.15) is 12.5 Å². The summed E-state index contributed by atoms with van der Waals surface area (Å²) >= 11 is 0. The number of rotatable bonds is 8. The van der Waals surface area contributed by atoms with Crippen molar-refractivity contribution >= 4 is 40.0 Å². The van der Waals surface area contributed by atoms with Crippen molar-refractivity contribution in [2.45, 2.75) is 20.0 Å². The summed E-state index contributed by atoms with van der Waals surface area (Å²) in [6.07, 6.45) is 1.09. The number of aliphatic imine (C=N–C) groups is 1. The molecule has 0 saturated heterocycles. The highest BCUT2D eigenvalue weighted by Gasteiger charge is 2.06. The van der Waals surface area contributed by atoms with Crippen LogP contribution in [0.15, 0.2) is 29.3 Å². The third-order valence-electron chi connectivity index (χ3n) is 2.89. The molecule has 9 heteroatoms. The van der Waals surface area contributed by atoms with E-state index in [0.29, 0.717) is 25.6 Å². The van der Waals surface area contributed by atoms with E-state index in [0.717, 1.165) is 17.6 Å². The Hall–Kier alpha value is -1.07. The van der Waals surface area contributed by atoms with Gasteiger partial charge in [0.2, 0.25) is 10.0 Å². The fourth-order valence-corrected chi connectivity index (χ4v) is 2.31. The minimum absolute atomic E-state index is 0. The summed E-state index contributed by atoms with van der Waals surface area (Å²) in [7, 11) is -1.50. The second kappa shape index (κ2) is 11.5. The number of hydrogen-bond donors (Lipinski definition) is 3. The van der Waals surface area contributed by atoms with E-state index >= 15 is 0 Å². The topological polar surface area (TPSA) is 91.8 Å². The third-order valence-corrected chi connectivity index (χ3v) is 3.62. The van der Waals surface area contributed by atoms with Gasteiger partial charge < -0.3 is 15.4 Å². The van der Waals surface area contributed by atoms with Crippen molar-refractivity contribution in [3.05, 3.63) is 29.8 Å². The lowest BCUT2D eigenvalue weighted by Crippen LogP contribution is -2.44. The molecule has 1 unspecified atom stereocenters. The molecule has 0 fully saturated rings. The highest BCUT2D eigenvalue weighted by molar-refractivity contribution is 14.0. The van der Waals surface area contributed by atoms with Crippen LogP contribution in [0.5, 0.6) is 5.75 Å². The smallest absolute Gasteiger partial charge is 0.208 e. The highest BCUT2D eigenvalue weighted by atomic mass is 127. The minimum atomic E-state index is -3.16. The number of nitrogens with zero attached hydrogens (tertiary/aromatic N) is 1. The third kappa shape index (κ3) is 10.7. The predicted molar refractivity (Wildman–Crippen MR) is 109 cm³/mol. The normalized spacial score (nSPS) is 12.9.